The van der Waals surface area contributed by atoms with E-state index in [0.29, 0.717) is 60.3 Å². The van der Waals surface area contributed by atoms with Crippen molar-refractivity contribution in [1.29, 1.82) is 0 Å². The normalized spacial score (nSPS) is 13.8. The minimum Gasteiger partial charge on any atom is -0.379 e. The quantitative estimate of drug-likeness (QED) is 0.336. The number of fused-ring (bicyclic) bond motifs is 1. The van der Waals surface area contributed by atoms with Crippen LogP contribution in [0, 0.1) is 0 Å². The Morgan fingerprint density at radius 3 is 2.66 bits per heavy atom. The number of nitrogens with one attached hydrogen (secondary N) is 2. The van der Waals surface area contributed by atoms with Gasteiger partial charge in [-0.25, -0.2) is 14.8 Å². The lowest BCUT2D eigenvalue weighted by atomic mass is 10.1. The predicted molar refractivity (Wildman–Crippen MR) is 146 cm³/mol. The van der Waals surface area contributed by atoms with Gasteiger partial charge in [0, 0.05) is 38.8 Å². The van der Waals surface area contributed by atoms with E-state index in [2.05, 4.69) is 35.5 Å². The van der Waals surface area contributed by atoms with Gasteiger partial charge in [0.15, 0.2) is 9.96 Å². The number of rotatable bonds is 9. The summed E-state index contributed by atoms with van der Waals surface area (Å²) < 4.78 is 5.43. The Morgan fingerprint density at radius 2 is 1.87 bits per heavy atom. The molecule has 5 rings (SSSR count). The number of morpholine rings is 1. The van der Waals surface area contributed by atoms with Crippen LogP contribution in [-0.2, 0) is 16.0 Å². The van der Waals surface area contributed by atoms with Crippen molar-refractivity contribution in [2.75, 3.05) is 54.9 Å². The molecule has 0 spiro atoms. The molecule has 0 saturated carbocycles. The molecule has 0 radical (unpaired) electrons. The zero-order valence-corrected chi connectivity index (χ0v) is 21.6. The third kappa shape index (κ3) is 6.85. The van der Waals surface area contributed by atoms with E-state index in [-0.39, 0.29) is 17.9 Å². The number of benzene rings is 1. The number of anilines is 3. The second-order valence-electron chi connectivity index (χ2n) is 8.69. The fraction of sp³-hybridized carbons (Fsp3) is 0.308. The number of aryl methyl sites for hydroxylation is 1. The molecular formula is C26H28N8O3S. The largest absolute Gasteiger partial charge is 0.379 e. The molecule has 0 bridgehead atoms. The second kappa shape index (κ2) is 12.5. The van der Waals surface area contributed by atoms with Gasteiger partial charge in [-0.05, 0) is 24.1 Å². The molecule has 0 atom stereocenters. The SMILES string of the molecule is O=C(CCc1ccccc1)Nc1nc2cnc(N(CCN3CCOCC3)C(=O)Nc3cccnc3)nc2s1. The number of ether oxygens (including phenoxy) is 1. The third-order valence-electron chi connectivity index (χ3n) is 6.01. The maximum absolute atomic E-state index is 13.3. The van der Waals surface area contributed by atoms with Crippen LogP contribution in [0.5, 0.6) is 0 Å². The zero-order chi connectivity index (χ0) is 26.2. The van der Waals surface area contributed by atoms with Crippen molar-refractivity contribution in [1.82, 2.24) is 24.8 Å². The number of pyridine rings is 1. The molecule has 11 nitrogen and oxygen atoms in total. The van der Waals surface area contributed by atoms with Gasteiger partial charge in [-0.3, -0.25) is 19.6 Å². The van der Waals surface area contributed by atoms with Crippen LogP contribution in [-0.4, -0.2) is 76.2 Å². The number of nitrogens with zero attached hydrogens (tertiary/aromatic N) is 6. The smallest absolute Gasteiger partial charge is 0.328 e. The lowest BCUT2D eigenvalue weighted by Gasteiger charge is -2.29. The molecule has 4 aromatic rings. The van der Waals surface area contributed by atoms with Crippen LogP contribution in [0.3, 0.4) is 0 Å². The Bertz CT molecular complexity index is 1360. The summed E-state index contributed by atoms with van der Waals surface area (Å²) in [4.78, 5) is 47.6. The average molecular weight is 533 g/mol. The van der Waals surface area contributed by atoms with Crippen molar-refractivity contribution >= 4 is 50.4 Å². The topological polar surface area (TPSA) is 125 Å². The molecular weight excluding hydrogens is 504 g/mol. The third-order valence-corrected chi connectivity index (χ3v) is 6.89. The van der Waals surface area contributed by atoms with Gasteiger partial charge in [-0.1, -0.05) is 41.7 Å². The molecule has 4 heterocycles. The van der Waals surface area contributed by atoms with Crippen molar-refractivity contribution in [3.8, 4) is 0 Å². The van der Waals surface area contributed by atoms with Gasteiger partial charge >= 0.3 is 6.03 Å². The summed E-state index contributed by atoms with van der Waals surface area (Å²) >= 11 is 1.25. The lowest BCUT2D eigenvalue weighted by molar-refractivity contribution is -0.116. The average Bonchev–Trinajstić information content (AvgIpc) is 3.35. The summed E-state index contributed by atoms with van der Waals surface area (Å²) in [6.45, 7) is 3.99. The van der Waals surface area contributed by atoms with Crippen LogP contribution >= 0.6 is 11.3 Å². The van der Waals surface area contributed by atoms with E-state index in [1.165, 1.54) is 16.2 Å². The highest BCUT2D eigenvalue weighted by molar-refractivity contribution is 7.21. The van der Waals surface area contributed by atoms with Crippen molar-refractivity contribution in [2.45, 2.75) is 12.8 Å². The molecule has 0 aliphatic carbocycles. The van der Waals surface area contributed by atoms with E-state index in [1.54, 1.807) is 30.7 Å². The zero-order valence-electron chi connectivity index (χ0n) is 20.7. The maximum Gasteiger partial charge on any atom is 0.328 e. The summed E-state index contributed by atoms with van der Waals surface area (Å²) in [5.74, 6) is 0.141. The van der Waals surface area contributed by atoms with E-state index in [1.807, 2.05) is 30.3 Å². The summed E-state index contributed by atoms with van der Waals surface area (Å²) in [6.07, 6.45) is 5.79. The first-order valence-electron chi connectivity index (χ1n) is 12.4. The highest BCUT2D eigenvalue weighted by atomic mass is 32.1. The van der Waals surface area contributed by atoms with E-state index >= 15 is 0 Å². The van der Waals surface area contributed by atoms with Crippen LogP contribution in [0.2, 0.25) is 0 Å². The number of aromatic nitrogens is 4. The van der Waals surface area contributed by atoms with E-state index in [9.17, 15) is 9.59 Å². The van der Waals surface area contributed by atoms with Gasteiger partial charge in [-0.15, -0.1) is 0 Å². The first-order valence-corrected chi connectivity index (χ1v) is 13.2. The Morgan fingerprint density at radius 1 is 1.03 bits per heavy atom. The number of amides is 3. The number of thiazole rings is 1. The van der Waals surface area contributed by atoms with Crippen LogP contribution in [0.25, 0.3) is 10.3 Å². The van der Waals surface area contributed by atoms with E-state index in [4.69, 9.17) is 4.74 Å². The van der Waals surface area contributed by atoms with Crippen LogP contribution in [0.4, 0.5) is 21.6 Å². The van der Waals surface area contributed by atoms with Gasteiger partial charge in [0.2, 0.25) is 11.9 Å². The van der Waals surface area contributed by atoms with Crippen molar-refractivity contribution in [2.24, 2.45) is 0 Å². The van der Waals surface area contributed by atoms with Gasteiger partial charge in [0.25, 0.3) is 0 Å². The van der Waals surface area contributed by atoms with Crippen molar-refractivity contribution in [3.05, 3.63) is 66.6 Å². The minimum atomic E-state index is -0.357. The standard InChI is InChI=1S/C26H28N8O3S/c35-22(9-8-19-5-2-1-3-6-19)31-25-30-21-18-28-24(32-23(21)38-25)34(12-11-33-13-15-37-16-14-33)26(36)29-20-7-4-10-27-17-20/h1-7,10,17-18H,8-9,11-16H2,(H,29,36)(H,30,31,35). The van der Waals surface area contributed by atoms with Gasteiger partial charge in [-0.2, -0.15) is 4.98 Å². The highest BCUT2D eigenvalue weighted by Crippen LogP contribution is 2.26. The minimum absolute atomic E-state index is 0.121. The molecule has 38 heavy (non-hydrogen) atoms. The fourth-order valence-electron chi connectivity index (χ4n) is 3.98. The number of carbonyl (C=O) groups is 2. The maximum atomic E-state index is 13.3. The molecule has 1 aliphatic rings. The summed E-state index contributed by atoms with van der Waals surface area (Å²) in [6, 6.07) is 13.0. The van der Waals surface area contributed by atoms with E-state index < -0.39 is 0 Å². The molecule has 1 aromatic carbocycles. The summed E-state index contributed by atoms with van der Waals surface area (Å²) in [7, 11) is 0. The Balaban J connectivity index is 1.29. The molecule has 1 saturated heterocycles. The van der Waals surface area contributed by atoms with Gasteiger partial charge in [0.1, 0.15) is 5.52 Å². The van der Waals surface area contributed by atoms with Crippen molar-refractivity contribution < 1.29 is 14.3 Å². The van der Waals surface area contributed by atoms with Gasteiger partial charge < -0.3 is 15.4 Å². The molecule has 12 heteroatoms. The molecule has 2 N–H and O–H groups in total. The Kier molecular flexibility index (Phi) is 8.43. The van der Waals surface area contributed by atoms with Crippen LogP contribution in [0.15, 0.2) is 61.1 Å². The van der Waals surface area contributed by atoms with Crippen LogP contribution in [0.1, 0.15) is 12.0 Å². The molecule has 196 valence electrons. The highest BCUT2D eigenvalue weighted by Gasteiger charge is 2.22. The monoisotopic (exact) mass is 532 g/mol. The number of hydrogen-bond donors (Lipinski definition) is 2. The molecule has 3 aromatic heterocycles. The van der Waals surface area contributed by atoms with Crippen LogP contribution < -0.4 is 15.5 Å². The lowest BCUT2D eigenvalue weighted by Crippen LogP contribution is -2.45. The molecule has 0 unspecified atom stereocenters. The number of urea groups is 1. The fourth-order valence-corrected chi connectivity index (χ4v) is 4.80. The summed E-state index contributed by atoms with van der Waals surface area (Å²) in [5.41, 5.74) is 2.23. The Hall–Kier alpha value is -4.00. The number of hydrogen-bond acceptors (Lipinski definition) is 9. The Labute approximate surface area is 223 Å². The molecule has 3 amide bonds. The predicted octanol–water partition coefficient (Wildman–Crippen LogP) is 3.42. The van der Waals surface area contributed by atoms with E-state index in [0.717, 1.165) is 18.7 Å². The molecule has 1 fully saturated rings. The first kappa shape index (κ1) is 25.6. The summed E-state index contributed by atoms with van der Waals surface area (Å²) in [5, 5.41) is 6.17. The van der Waals surface area contributed by atoms with Crippen molar-refractivity contribution in [3.63, 3.8) is 0 Å². The number of carbonyl (C=O) groups excluding carboxylic acids is 2. The second-order valence-corrected chi connectivity index (χ2v) is 9.67. The van der Waals surface area contributed by atoms with Gasteiger partial charge in [0.05, 0.1) is 31.3 Å². The molecule has 1 aliphatic heterocycles. The first-order chi connectivity index (χ1) is 18.6.